The molecule has 1 saturated carbocycles. The number of hydrogen-bond acceptors (Lipinski definition) is 5. The van der Waals surface area contributed by atoms with Crippen LogP contribution in [-0.4, -0.2) is 31.4 Å². The van der Waals surface area contributed by atoms with Crippen LogP contribution in [0.25, 0.3) is 0 Å². The molecule has 1 aliphatic heterocycles. The van der Waals surface area contributed by atoms with E-state index in [0.29, 0.717) is 12.6 Å². The number of halogens is 3. The van der Waals surface area contributed by atoms with Crippen molar-refractivity contribution in [1.82, 2.24) is 0 Å². The summed E-state index contributed by atoms with van der Waals surface area (Å²) in [6.45, 7) is 6.92. The van der Waals surface area contributed by atoms with Gasteiger partial charge in [-0.2, -0.15) is 13.2 Å². The van der Waals surface area contributed by atoms with Crippen molar-refractivity contribution < 1.29 is 26.5 Å². The number of nitro groups is 1. The van der Waals surface area contributed by atoms with Gasteiger partial charge in [-0.05, 0) is 42.2 Å². The minimum atomic E-state index is -5.64. The molecule has 1 heterocycles. The summed E-state index contributed by atoms with van der Waals surface area (Å²) in [7, 11) is -5.64. The molecule has 150 valence electrons. The van der Waals surface area contributed by atoms with Gasteiger partial charge in [-0.1, -0.05) is 20.8 Å². The van der Waals surface area contributed by atoms with Crippen LogP contribution in [0.3, 0.4) is 0 Å². The highest BCUT2D eigenvalue weighted by molar-refractivity contribution is 7.92. The van der Waals surface area contributed by atoms with E-state index in [2.05, 4.69) is 20.8 Å². The van der Waals surface area contributed by atoms with E-state index in [1.807, 2.05) is 4.90 Å². The molecule has 0 N–H and O–H groups in total. The van der Waals surface area contributed by atoms with Crippen molar-refractivity contribution in [2.45, 2.75) is 56.5 Å². The highest BCUT2D eigenvalue weighted by Crippen LogP contribution is 2.54. The van der Waals surface area contributed by atoms with Crippen LogP contribution in [0, 0.1) is 20.9 Å². The van der Waals surface area contributed by atoms with E-state index in [4.69, 9.17) is 0 Å². The number of alkyl halides is 3. The fraction of sp³-hybridized carbons (Fsp3) is 0.647. The Labute approximate surface area is 155 Å². The quantitative estimate of drug-likeness (QED) is 0.552. The number of benzene rings is 1. The Kier molecular flexibility index (Phi) is 4.30. The molecule has 2 fully saturated rings. The Balaban J connectivity index is 2.07. The number of anilines is 1. The third-order valence-corrected chi connectivity index (χ3v) is 6.97. The maximum absolute atomic E-state index is 12.8. The van der Waals surface area contributed by atoms with Gasteiger partial charge < -0.3 is 4.90 Å². The number of hydrogen-bond donors (Lipinski definition) is 0. The summed E-state index contributed by atoms with van der Waals surface area (Å²) in [6.07, 6.45) is 2.60. The minimum Gasteiger partial charge on any atom is -0.362 e. The summed E-state index contributed by atoms with van der Waals surface area (Å²) in [5.74, 6) is 0. The number of fused-ring (bicyclic) bond motifs is 2. The number of nitrogens with zero attached hydrogens (tertiary/aromatic N) is 2. The van der Waals surface area contributed by atoms with Crippen molar-refractivity contribution in [3.8, 4) is 0 Å². The third-order valence-electron chi connectivity index (χ3n) is 5.48. The number of sulfone groups is 1. The van der Waals surface area contributed by atoms with Gasteiger partial charge in [0.05, 0.1) is 9.82 Å². The van der Waals surface area contributed by atoms with Gasteiger partial charge in [0.1, 0.15) is 5.69 Å². The molecule has 10 heteroatoms. The SMILES string of the molecule is CC1(C)C[C@H]2C[C@@](C)(CN2c2ccc(S(=O)(=O)C(F)(F)F)cc2[N+](=O)[O-])C1. The van der Waals surface area contributed by atoms with Crippen LogP contribution in [0.2, 0.25) is 0 Å². The van der Waals surface area contributed by atoms with Gasteiger partial charge in [0.2, 0.25) is 0 Å². The van der Waals surface area contributed by atoms with Gasteiger partial charge in [-0.3, -0.25) is 10.1 Å². The molecular weight excluding hydrogens is 385 g/mol. The first kappa shape index (κ1) is 19.9. The average Bonchev–Trinajstić information content (AvgIpc) is 2.74. The lowest BCUT2D eigenvalue weighted by Gasteiger charge is -2.39. The molecule has 0 unspecified atom stereocenters. The number of nitro benzene ring substituents is 1. The van der Waals surface area contributed by atoms with Crippen LogP contribution in [0.5, 0.6) is 0 Å². The minimum absolute atomic E-state index is 0.0301. The van der Waals surface area contributed by atoms with Gasteiger partial charge in [-0.15, -0.1) is 0 Å². The molecule has 1 aliphatic carbocycles. The molecule has 0 spiro atoms. The Morgan fingerprint density at radius 2 is 1.85 bits per heavy atom. The molecule has 27 heavy (non-hydrogen) atoms. The second kappa shape index (κ2) is 5.83. The molecule has 2 aliphatic rings. The molecule has 2 atom stereocenters. The van der Waals surface area contributed by atoms with E-state index in [0.717, 1.165) is 31.4 Å². The predicted molar refractivity (Wildman–Crippen MR) is 93.2 cm³/mol. The molecule has 0 amide bonds. The third kappa shape index (κ3) is 3.39. The molecule has 0 aromatic heterocycles. The van der Waals surface area contributed by atoms with Crippen molar-refractivity contribution >= 4 is 21.2 Å². The van der Waals surface area contributed by atoms with Crippen molar-refractivity contribution in [2.24, 2.45) is 10.8 Å². The van der Waals surface area contributed by atoms with E-state index < -0.39 is 30.9 Å². The Morgan fingerprint density at radius 1 is 1.22 bits per heavy atom. The topological polar surface area (TPSA) is 80.5 Å². The van der Waals surface area contributed by atoms with Crippen molar-refractivity contribution in [3.05, 3.63) is 28.3 Å². The fourth-order valence-electron chi connectivity index (χ4n) is 4.93. The fourth-order valence-corrected chi connectivity index (χ4v) is 5.72. The molecular formula is C17H21F3N2O4S. The molecule has 1 saturated heterocycles. The van der Waals surface area contributed by atoms with Gasteiger partial charge in [0.15, 0.2) is 0 Å². The highest BCUT2D eigenvalue weighted by Gasteiger charge is 2.51. The summed E-state index contributed by atoms with van der Waals surface area (Å²) >= 11 is 0. The second-order valence-corrected chi connectivity index (χ2v) is 10.6. The largest absolute Gasteiger partial charge is 0.501 e. The summed E-state index contributed by atoms with van der Waals surface area (Å²) in [4.78, 5) is 11.4. The summed E-state index contributed by atoms with van der Waals surface area (Å²) in [6, 6.07) is 2.49. The van der Waals surface area contributed by atoms with E-state index in [9.17, 15) is 31.7 Å². The molecule has 1 aromatic carbocycles. The monoisotopic (exact) mass is 406 g/mol. The van der Waals surface area contributed by atoms with Crippen LogP contribution >= 0.6 is 0 Å². The zero-order valence-corrected chi connectivity index (χ0v) is 16.0. The smallest absolute Gasteiger partial charge is 0.362 e. The van der Waals surface area contributed by atoms with Crippen molar-refractivity contribution in [2.75, 3.05) is 11.4 Å². The molecule has 3 rings (SSSR count). The lowest BCUT2D eigenvalue weighted by molar-refractivity contribution is -0.384. The van der Waals surface area contributed by atoms with E-state index >= 15 is 0 Å². The lowest BCUT2D eigenvalue weighted by Crippen LogP contribution is -2.35. The van der Waals surface area contributed by atoms with Gasteiger partial charge in [-0.25, -0.2) is 8.42 Å². The standard InChI is InChI=1S/C17H21F3N2O4S/c1-15(2)7-11-8-16(3,9-15)10-21(11)13-5-4-12(6-14(13)22(23)24)27(25,26)17(18,19)20/h4-6,11H,7-10H2,1-3H3/t11-,16+/m0/s1. The molecule has 0 radical (unpaired) electrons. The maximum atomic E-state index is 12.8. The van der Waals surface area contributed by atoms with Gasteiger partial charge in [0.25, 0.3) is 15.5 Å². The van der Waals surface area contributed by atoms with Gasteiger partial charge in [0, 0.05) is 18.7 Å². The van der Waals surface area contributed by atoms with E-state index in [1.165, 1.54) is 0 Å². The first-order valence-corrected chi connectivity index (χ1v) is 10.0. The predicted octanol–water partition coefficient (Wildman–Crippen LogP) is 4.29. The molecule has 1 aromatic rings. The highest BCUT2D eigenvalue weighted by atomic mass is 32.2. The molecule has 6 nitrogen and oxygen atoms in total. The van der Waals surface area contributed by atoms with Crippen molar-refractivity contribution in [1.29, 1.82) is 0 Å². The maximum Gasteiger partial charge on any atom is 0.501 e. The molecule has 2 bridgehead atoms. The van der Waals surface area contributed by atoms with Crippen LogP contribution in [0.1, 0.15) is 40.0 Å². The van der Waals surface area contributed by atoms with Gasteiger partial charge >= 0.3 is 5.51 Å². The summed E-state index contributed by atoms with van der Waals surface area (Å²) in [5.41, 5.74) is -5.94. The van der Waals surface area contributed by atoms with E-state index in [-0.39, 0.29) is 22.6 Å². The van der Waals surface area contributed by atoms with E-state index in [1.54, 1.807) is 0 Å². The van der Waals surface area contributed by atoms with Crippen LogP contribution < -0.4 is 4.90 Å². The average molecular weight is 406 g/mol. The first-order valence-electron chi connectivity index (χ1n) is 8.52. The first-order chi connectivity index (χ1) is 12.2. The van der Waals surface area contributed by atoms with Crippen molar-refractivity contribution in [3.63, 3.8) is 0 Å². The zero-order valence-electron chi connectivity index (χ0n) is 15.2. The normalized spacial score (nSPS) is 27.6. The second-order valence-electron chi connectivity index (χ2n) is 8.70. The Bertz CT molecular complexity index is 898. The number of rotatable bonds is 3. The van der Waals surface area contributed by atoms with Crippen LogP contribution in [-0.2, 0) is 9.84 Å². The Hall–Kier alpha value is -1.84. The van der Waals surface area contributed by atoms with Crippen LogP contribution in [0.4, 0.5) is 24.5 Å². The summed E-state index contributed by atoms with van der Waals surface area (Å²) < 4.78 is 61.6. The summed E-state index contributed by atoms with van der Waals surface area (Å²) in [5, 5.41) is 11.5. The van der Waals surface area contributed by atoms with Crippen LogP contribution in [0.15, 0.2) is 23.1 Å². The zero-order chi connectivity index (χ0) is 20.4. The Morgan fingerprint density at radius 3 is 2.41 bits per heavy atom. The lowest BCUT2D eigenvalue weighted by atomic mass is 9.65.